The highest BCUT2D eigenvalue weighted by Crippen LogP contribution is 2.22. The van der Waals surface area contributed by atoms with Crippen LogP contribution >= 0.6 is 0 Å². The van der Waals surface area contributed by atoms with Crippen LogP contribution in [0.4, 0.5) is 10.2 Å². The molecule has 0 bridgehead atoms. The number of ether oxygens (including phenoxy) is 1. The summed E-state index contributed by atoms with van der Waals surface area (Å²) in [6.45, 7) is 1.68. The number of halogens is 1. The molecule has 0 atom stereocenters. The van der Waals surface area contributed by atoms with Crippen LogP contribution in [-0.4, -0.2) is 9.97 Å². The number of hydrazine groups is 1. The van der Waals surface area contributed by atoms with Crippen molar-refractivity contribution in [3.8, 4) is 11.6 Å². The van der Waals surface area contributed by atoms with Gasteiger partial charge in [-0.15, -0.1) is 0 Å². The summed E-state index contributed by atoms with van der Waals surface area (Å²) in [4.78, 5) is 7.71. The molecule has 1 aromatic carbocycles. The number of nitrogens with one attached hydrogen (secondary N) is 1. The maximum atomic E-state index is 13.3. The molecule has 1 heterocycles. The number of benzene rings is 1. The Hall–Kier alpha value is -2.21. The van der Waals surface area contributed by atoms with Gasteiger partial charge in [0.1, 0.15) is 23.7 Å². The van der Waals surface area contributed by atoms with Crippen molar-refractivity contribution in [3.05, 3.63) is 42.0 Å². The lowest BCUT2D eigenvalue weighted by Crippen LogP contribution is -2.08. The molecule has 0 aliphatic rings. The second kappa shape index (κ2) is 4.75. The standard InChI is InChI=1S/C11H11FN4O/c1-7-2-3-8(4-9(7)12)17-11-5-10(16-13)14-6-15-11/h2-6H,13H2,1H3,(H,14,15,16). The van der Waals surface area contributed by atoms with Gasteiger partial charge in [-0.1, -0.05) is 6.07 Å². The molecule has 0 spiro atoms. The largest absolute Gasteiger partial charge is 0.439 e. The molecular formula is C11H11FN4O. The lowest BCUT2D eigenvalue weighted by molar-refractivity contribution is 0.456. The molecule has 0 saturated heterocycles. The van der Waals surface area contributed by atoms with Crippen molar-refractivity contribution < 1.29 is 9.13 Å². The summed E-state index contributed by atoms with van der Waals surface area (Å²) in [5.41, 5.74) is 2.93. The Balaban J connectivity index is 2.22. The van der Waals surface area contributed by atoms with Crippen LogP contribution in [0.1, 0.15) is 5.56 Å². The Morgan fingerprint density at radius 2 is 2.12 bits per heavy atom. The molecule has 2 rings (SSSR count). The van der Waals surface area contributed by atoms with Gasteiger partial charge in [0.15, 0.2) is 0 Å². The molecule has 0 fully saturated rings. The lowest BCUT2D eigenvalue weighted by atomic mass is 10.2. The van der Waals surface area contributed by atoms with E-state index in [1.54, 1.807) is 19.1 Å². The van der Waals surface area contributed by atoms with Gasteiger partial charge >= 0.3 is 0 Å². The Kier molecular flexibility index (Phi) is 3.15. The normalized spacial score (nSPS) is 10.1. The Bertz CT molecular complexity index is 533. The van der Waals surface area contributed by atoms with E-state index in [-0.39, 0.29) is 11.7 Å². The van der Waals surface area contributed by atoms with Crippen LogP contribution in [0.2, 0.25) is 0 Å². The van der Waals surface area contributed by atoms with Crippen LogP contribution in [0.25, 0.3) is 0 Å². The molecule has 0 unspecified atom stereocenters. The SMILES string of the molecule is Cc1ccc(Oc2cc(NN)ncn2)cc1F. The van der Waals surface area contributed by atoms with Gasteiger partial charge in [-0.3, -0.25) is 0 Å². The van der Waals surface area contributed by atoms with Crippen LogP contribution in [-0.2, 0) is 0 Å². The highest BCUT2D eigenvalue weighted by atomic mass is 19.1. The maximum absolute atomic E-state index is 13.3. The number of aryl methyl sites for hydroxylation is 1. The van der Waals surface area contributed by atoms with Crippen molar-refractivity contribution in [2.45, 2.75) is 6.92 Å². The van der Waals surface area contributed by atoms with Gasteiger partial charge in [-0.25, -0.2) is 20.2 Å². The molecule has 0 amide bonds. The fourth-order valence-corrected chi connectivity index (χ4v) is 1.23. The average molecular weight is 234 g/mol. The predicted octanol–water partition coefficient (Wildman–Crippen LogP) is 2.00. The molecule has 5 nitrogen and oxygen atoms in total. The van der Waals surface area contributed by atoms with E-state index in [1.807, 2.05) is 0 Å². The fraction of sp³-hybridized carbons (Fsp3) is 0.0909. The number of hydrogen-bond acceptors (Lipinski definition) is 5. The molecule has 88 valence electrons. The van der Waals surface area contributed by atoms with Crippen molar-refractivity contribution >= 4 is 5.82 Å². The minimum absolute atomic E-state index is 0.288. The summed E-state index contributed by atoms with van der Waals surface area (Å²) < 4.78 is 18.7. The van der Waals surface area contributed by atoms with E-state index in [1.165, 1.54) is 18.5 Å². The van der Waals surface area contributed by atoms with Gasteiger partial charge in [-0.05, 0) is 18.6 Å². The summed E-state index contributed by atoms with van der Waals surface area (Å²) in [5, 5.41) is 0. The second-order valence-corrected chi connectivity index (χ2v) is 3.40. The zero-order valence-electron chi connectivity index (χ0n) is 9.14. The fourth-order valence-electron chi connectivity index (χ4n) is 1.23. The Labute approximate surface area is 97.4 Å². The zero-order valence-corrected chi connectivity index (χ0v) is 9.14. The number of anilines is 1. The summed E-state index contributed by atoms with van der Waals surface area (Å²) in [6.07, 6.45) is 1.30. The Morgan fingerprint density at radius 1 is 1.29 bits per heavy atom. The van der Waals surface area contributed by atoms with E-state index >= 15 is 0 Å². The van der Waals surface area contributed by atoms with Crippen LogP contribution in [0.15, 0.2) is 30.6 Å². The van der Waals surface area contributed by atoms with Crippen molar-refractivity contribution in [2.75, 3.05) is 5.43 Å². The topological polar surface area (TPSA) is 73.1 Å². The molecular weight excluding hydrogens is 223 g/mol. The molecule has 3 N–H and O–H groups in total. The minimum atomic E-state index is -0.325. The monoisotopic (exact) mass is 234 g/mol. The maximum Gasteiger partial charge on any atom is 0.224 e. The summed E-state index contributed by atoms with van der Waals surface area (Å²) in [5.74, 6) is 5.95. The van der Waals surface area contributed by atoms with Gasteiger partial charge in [0, 0.05) is 12.1 Å². The highest BCUT2D eigenvalue weighted by Gasteiger charge is 2.03. The molecule has 1 aromatic heterocycles. The van der Waals surface area contributed by atoms with E-state index in [4.69, 9.17) is 10.6 Å². The molecule has 0 aliphatic carbocycles. The first kappa shape index (κ1) is 11.3. The smallest absolute Gasteiger partial charge is 0.224 e. The molecule has 0 aliphatic heterocycles. The molecule has 17 heavy (non-hydrogen) atoms. The quantitative estimate of drug-likeness (QED) is 0.627. The average Bonchev–Trinajstić information content (AvgIpc) is 2.34. The predicted molar refractivity (Wildman–Crippen MR) is 61.1 cm³/mol. The van der Waals surface area contributed by atoms with Crippen molar-refractivity contribution in [3.63, 3.8) is 0 Å². The first-order valence-corrected chi connectivity index (χ1v) is 4.91. The molecule has 0 saturated carbocycles. The number of rotatable bonds is 3. The summed E-state index contributed by atoms with van der Waals surface area (Å²) >= 11 is 0. The third kappa shape index (κ3) is 2.67. The minimum Gasteiger partial charge on any atom is -0.439 e. The second-order valence-electron chi connectivity index (χ2n) is 3.40. The van der Waals surface area contributed by atoms with Gasteiger partial charge in [0.2, 0.25) is 5.88 Å². The van der Waals surface area contributed by atoms with Crippen LogP contribution in [0, 0.1) is 12.7 Å². The first-order chi connectivity index (χ1) is 8.19. The third-order valence-electron chi connectivity index (χ3n) is 2.16. The number of aromatic nitrogens is 2. The van der Waals surface area contributed by atoms with Crippen LogP contribution in [0.5, 0.6) is 11.6 Å². The third-order valence-corrected chi connectivity index (χ3v) is 2.16. The van der Waals surface area contributed by atoms with Gasteiger partial charge in [-0.2, -0.15) is 0 Å². The van der Waals surface area contributed by atoms with Crippen LogP contribution < -0.4 is 16.0 Å². The molecule has 6 heteroatoms. The Morgan fingerprint density at radius 3 is 2.82 bits per heavy atom. The van der Waals surface area contributed by atoms with E-state index in [2.05, 4.69) is 15.4 Å². The van der Waals surface area contributed by atoms with Crippen LogP contribution in [0.3, 0.4) is 0 Å². The highest BCUT2D eigenvalue weighted by molar-refractivity contribution is 5.38. The number of nitrogens with zero attached hydrogens (tertiary/aromatic N) is 2. The summed E-state index contributed by atoms with van der Waals surface area (Å²) in [7, 11) is 0. The number of hydrogen-bond donors (Lipinski definition) is 2. The lowest BCUT2D eigenvalue weighted by Gasteiger charge is -2.06. The zero-order chi connectivity index (χ0) is 12.3. The molecule has 2 aromatic rings. The van der Waals surface area contributed by atoms with Crippen molar-refractivity contribution in [2.24, 2.45) is 5.84 Å². The van der Waals surface area contributed by atoms with Crippen molar-refractivity contribution in [1.82, 2.24) is 9.97 Å². The van der Waals surface area contributed by atoms with Crippen molar-refractivity contribution in [1.29, 1.82) is 0 Å². The molecule has 0 radical (unpaired) electrons. The van der Waals surface area contributed by atoms with E-state index in [0.717, 1.165) is 0 Å². The van der Waals surface area contributed by atoms with E-state index in [9.17, 15) is 4.39 Å². The number of nitrogens with two attached hydrogens (primary N) is 1. The van der Waals surface area contributed by atoms with E-state index < -0.39 is 0 Å². The van der Waals surface area contributed by atoms with E-state index in [0.29, 0.717) is 17.1 Å². The van der Waals surface area contributed by atoms with Gasteiger partial charge in [0.05, 0.1) is 0 Å². The van der Waals surface area contributed by atoms with Gasteiger partial charge in [0.25, 0.3) is 0 Å². The van der Waals surface area contributed by atoms with Gasteiger partial charge < -0.3 is 10.2 Å². The summed E-state index contributed by atoms with van der Waals surface area (Å²) in [6, 6.07) is 6.11. The number of nitrogen functional groups attached to an aromatic ring is 1. The first-order valence-electron chi connectivity index (χ1n) is 4.91.